The number of aryl methyl sites for hydroxylation is 1. The Morgan fingerprint density at radius 2 is 2.24 bits per heavy atom. The van der Waals surface area contributed by atoms with Crippen LogP contribution in [0.2, 0.25) is 0 Å². The van der Waals surface area contributed by atoms with E-state index < -0.39 is 0 Å². The van der Waals surface area contributed by atoms with Crippen LogP contribution >= 0.6 is 0 Å². The molecule has 2 N–H and O–H groups in total. The van der Waals surface area contributed by atoms with E-state index in [1.54, 1.807) is 0 Å². The first-order valence-corrected chi connectivity index (χ1v) is 7.22. The molecule has 116 valence electrons. The average Bonchev–Trinajstić information content (AvgIpc) is 2.97. The van der Waals surface area contributed by atoms with Crippen molar-refractivity contribution in [3.8, 4) is 0 Å². The van der Waals surface area contributed by atoms with Crippen LogP contribution in [-0.4, -0.2) is 55.8 Å². The quantitative estimate of drug-likeness (QED) is 0.746. The number of amides is 1. The summed E-state index contributed by atoms with van der Waals surface area (Å²) in [5.41, 5.74) is 0.902. The Bertz CT molecular complexity index is 486. The van der Waals surface area contributed by atoms with Crippen molar-refractivity contribution in [1.82, 2.24) is 15.3 Å². The van der Waals surface area contributed by atoms with E-state index in [1.165, 1.54) is 0 Å². The molecule has 1 aromatic rings. The van der Waals surface area contributed by atoms with Gasteiger partial charge in [-0.2, -0.15) is 4.98 Å². The number of anilines is 2. The van der Waals surface area contributed by atoms with Gasteiger partial charge in [0.25, 0.3) is 0 Å². The zero-order chi connectivity index (χ0) is 15.2. The molecule has 1 fully saturated rings. The molecule has 0 bridgehead atoms. The highest BCUT2D eigenvalue weighted by atomic mass is 16.5. The third-order valence-corrected chi connectivity index (χ3v) is 3.23. The molecule has 1 aromatic heterocycles. The van der Waals surface area contributed by atoms with Crippen LogP contribution in [0.4, 0.5) is 11.8 Å². The van der Waals surface area contributed by atoms with E-state index in [-0.39, 0.29) is 12.0 Å². The maximum Gasteiger partial charge on any atom is 0.249 e. The first kappa shape index (κ1) is 15.5. The number of aromatic nitrogens is 2. The Hall–Kier alpha value is -1.89. The van der Waals surface area contributed by atoms with Crippen LogP contribution in [0, 0.1) is 6.92 Å². The van der Waals surface area contributed by atoms with Crippen LogP contribution < -0.4 is 15.5 Å². The lowest BCUT2D eigenvalue weighted by atomic mass is 10.2. The van der Waals surface area contributed by atoms with E-state index in [1.807, 2.05) is 32.0 Å². The summed E-state index contributed by atoms with van der Waals surface area (Å²) in [5, 5.41) is 5.98. The minimum Gasteiger partial charge on any atom is -0.368 e. The fourth-order valence-corrected chi connectivity index (χ4v) is 2.12. The number of ether oxygens (including phenoxy) is 1. The van der Waals surface area contributed by atoms with Crippen molar-refractivity contribution < 1.29 is 9.53 Å². The maximum atomic E-state index is 11.8. The number of hydrogen-bond acceptors (Lipinski definition) is 6. The van der Waals surface area contributed by atoms with Gasteiger partial charge in [-0.15, -0.1) is 0 Å². The smallest absolute Gasteiger partial charge is 0.249 e. The van der Waals surface area contributed by atoms with Crippen LogP contribution in [0.5, 0.6) is 0 Å². The Morgan fingerprint density at radius 3 is 2.90 bits per heavy atom. The van der Waals surface area contributed by atoms with Gasteiger partial charge in [-0.3, -0.25) is 4.79 Å². The number of hydrogen-bond donors (Lipinski definition) is 2. The molecule has 0 aliphatic carbocycles. The molecule has 0 aromatic carbocycles. The van der Waals surface area contributed by atoms with Gasteiger partial charge in [0.15, 0.2) is 0 Å². The predicted molar refractivity (Wildman–Crippen MR) is 81.6 cm³/mol. The van der Waals surface area contributed by atoms with Crippen molar-refractivity contribution in [1.29, 1.82) is 0 Å². The molecular formula is C14H23N5O2. The third kappa shape index (κ3) is 4.56. The largest absolute Gasteiger partial charge is 0.368 e. The second kappa shape index (κ2) is 7.21. The van der Waals surface area contributed by atoms with Gasteiger partial charge >= 0.3 is 0 Å². The number of carbonyl (C=O) groups excluding carboxylic acids is 1. The number of nitrogens with zero attached hydrogens (tertiary/aromatic N) is 3. The summed E-state index contributed by atoms with van der Waals surface area (Å²) in [4.78, 5) is 22.4. The SMILES string of the molecule is Cc1cc(N(C)C)nc(NCCNC(=O)C2CCCO2)n1. The van der Waals surface area contributed by atoms with Gasteiger partial charge < -0.3 is 20.3 Å². The molecule has 0 radical (unpaired) electrons. The molecule has 0 spiro atoms. The van der Waals surface area contributed by atoms with Crippen LogP contribution in [0.3, 0.4) is 0 Å². The summed E-state index contributed by atoms with van der Waals surface area (Å²) < 4.78 is 5.33. The van der Waals surface area contributed by atoms with Gasteiger partial charge in [0.1, 0.15) is 11.9 Å². The van der Waals surface area contributed by atoms with Crippen LogP contribution in [0.15, 0.2) is 6.07 Å². The van der Waals surface area contributed by atoms with E-state index in [4.69, 9.17) is 4.74 Å². The first-order chi connectivity index (χ1) is 10.1. The van der Waals surface area contributed by atoms with Crippen molar-refractivity contribution in [3.63, 3.8) is 0 Å². The Morgan fingerprint density at radius 1 is 1.43 bits per heavy atom. The van der Waals surface area contributed by atoms with Crippen LogP contribution in [-0.2, 0) is 9.53 Å². The minimum absolute atomic E-state index is 0.0339. The lowest BCUT2D eigenvalue weighted by Crippen LogP contribution is -2.36. The Balaban J connectivity index is 1.76. The second-order valence-corrected chi connectivity index (χ2v) is 5.31. The van der Waals surface area contributed by atoms with Crippen LogP contribution in [0.25, 0.3) is 0 Å². The summed E-state index contributed by atoms with van der Waals surface area (Å²) in [6.07, 6.45) is 1.49. The van der Waals surface area contributed by atoms with Crippen molar-refractivity contribution in [2.75, 3.05) is 44.0 Å². The van der Waals surface area contributed by atoms with Gasteiger partial charge in [-0.25, -0.2) is 4.98 Å². The number of carbonyl (C=O) groups is 1. The zero-order valence-electron chi connectivity index (χ0n) is 12.8. The number of nitrogens with one attached hydrogen (secondary N) is 2. The predicted octanol–water partition coefficient (Wildman–Crippen LogP) is 0.558. The summed E-state index contributed by atoms with van der Waals surface area (Å²) >= 11 is 0. The van der Waals surface area contributed by atoms with Crippen LogP contribution in [0.1, 0.15) is 18.5 Å². The summed E-state index contributed by atoms with van der Waals surface area (Å²) in [7, 11) is 3.88. The average molecular weight is 293 g/mol. The molecule has 21 heavy (non-hydrogen) atoms. The van der Waals surface area contributed by atoms with Crippen molar-refractivity contribution in [3.05, 3.63) is 11.8 Å². The minimum atomic E-state index is -0.277. The molecule has 0 saturated carbocycles. The van der Waals surface area contributed by atoms with E-state index >= 15 is 0 Å². The fourth-order valence-electron chi connectivity index (χ4n) is 2.12. The van der Waals surface area contributed by atoms with E-state index in [0.717, 1.165) is 24.4 Å². The maximum absolute atomic E-state index is 11.8. The lowest BCUT2D eigenvalue weighted by molar-refractivity contribution is -0.129. The number of rotatable bonds is 6. The summed E-state index contributed by atoms with van der Waals surface area (Å²) in [6, 6.07) is 1.92. The second-order valence-electron chi connectivity index (χ2n) is 5.31. The monoisotopic (exact) mass is 293 g/mol. The molecule has 7 nitrogen and oxygen atoms in total. The van der Waals surface area contributed by atoms with Crippen molar-refractivity contribution in [2.24, 2.45) is 0 Å². The molecule has 1 unspecified atom stereocenters. The first-order valence-electron chi connectivity index (χ1n) is 7.22. The normalized spacial score (nSPS) is 17.6. The standard InChI is InChI=1S/C14H23N5O2/c1-10-9-12(19(2)3)18-14(17-10)16-7-6-15-13(20)11-5-4-8-21-11/h9,11H,4-8H2,1-3H3,(H,15,20)(H,16,17,18). The van der Waals surface area contributed by atoms with E-state index in [0.29, 0.717) is 25.6 Å². The fraction of sp³-hybridized carbons (Fsp3) is 0.643. The molecule has 1 aliphatic heterocycles. The van der Waals surface area contributed by atoms with Gasteiger partial charge in [0.2, 0.25) is 11.9 Å². The van der Waals surface area contributed by atoms with Gasteiger partial charge in [0, 0.05) is 45.6 Å². The lowest BCUT2D eigenvalue weighted by Gasteiger charge is -2.14. The molecule has 7 heteroatoms. The molecule has 1 amide bonds. The van der Waals surface area contributed by atoms with E-state index in [9.17, 15) is 4.79 Å². The highest BCUT2D eigenvalue weighted by Crippen LogP contribution is 2.12. The van der Waals surface area contributed by atoms with Gasteiger partial charge in [-0.1, -0.05) is 0 Å². The highest BCUT2D eigenvalue weighted by Gasteiger charge is 2.22. The topological polar surface area (TPSA) is 79.4 Å². The van der Waals surface area contributed by atoms with Gasteiger partial charge in [-0.05, 0) is 19.8 Å². The molecule has 1 saturated heterocycles. The molecule has 2 rings (SSSR count). The highest BCUT2D eigenvalue weighted by molar-refractivity contribution is 5.80. The molecular weight excluding hydrogens is 270 g/mol. The molecule has 1 atom stereocenters. The Kier molecular flexibility index (Phi) is 5.32. The molecule has 1 aliphatic rings. The summed E-state index contributed by atoms with van der Waals surface area (Å²) in [6.45, 7) is 3.71. The van der Waals surface area contributed by atoms with Crippen molar-refractivity contribution in [2.45, 2.75) is 25.9 Å². The zero-order valence-corrected chi connectivity index (χ0v) is 12.8. The third-order valence-electron chi connectivity index (χ3n) is 3.23. The van der Waals surface area contributed by atoms with E-state index in [2.05, 4.69) is 20.6 Å². The molecule has 2 heterocycles. The van der Waals surface area contributed by atoms with Gasteiger partial charge in [0.05, 0.1) is 0 Å². The summed E-state index contributed by atoms with van der Waals surface area (Å²) in [5.74, 6) is 1.40. The Labute approximate surface area is 125 Å². The van der Waals surface area contributed by atoms with Crippen molar-refractivity contribution >= 4 is 17.7 Å².